The van der Waals surface area contributed by atoms with Gasteiger partial charge in [-0.1, -0.05) is 18.2 Å². The molecule has 1 atom stereocenters. The number of nitrogens with one attached hydrogen (secondary N) is 2. The van der Waals surface area contributed by atoms with Crippen molar-refractivity contribution < 1.29 is 4.74 Å². The molecule has 0 spiro atoms. The van der Waals surface area contributed by atoms with E-state index in [1.807, 2.05) is 19.3 Å². The SMILES string of the molecule is CNc1cc(Nc2nccc(-c3c4n(c5ccccc35)CCC4)n2)c(OC)cc1N1CCC(N(C)C)C1. The Labute approximate surface area is 218 Å². The number of nitrogens with zero attached hydrogens (tertiary/aromatic N) is 5. The molecule has 192 valence electrons. The van der Waals surface area contributed by atoms with Crippen molar-refractivity contribution in [3.63, 3.8) is 0 Å². The Bertz CT molecular complexity index is 1440. The summed E-state index contributed by atoms with van der Waals surface area (Å²) in [6.07, 6.45) is 5.23. The molecule has 8 nitrogen and oxygen atoms in total. The van der Waals surface area contributed by atoms with Crippen molar-refractivity contribution >= 4 is 33.9 Å². The lowest BCUT2D eigenvalue weighted by Gasteiger charge is -2.25. The van der Waals surface area contributed by atoms with E-state index in [2.05, 4.69) is 80.5 Å². The van der Waals surface area contributed by atoms with Crippen molar-refractivity contribution in [3.8, 4) is 17.0 Å². The molecule has 37 heavy (non-hydrogen) atoms. The molecule has 0 bridgehead atoms. The Morgan fingerprint density at radius 3 is 2.73 bits per heavy atom. The Morgan fingerprint density at radius 2 is 1.95 bits per heavy atom. The molecule has 4 aromatic rings. The van der Waals surface area contributed by atoms with Gasteiger partial charge in [0.1, 0.15) is 5.75 Å². The third kappa shape index (κ3) is 4.15. The summed E-state index contributed by atoms with van der Waals surface area (Å²) in [6.45, 7) is 3.09. The number of fused-ring (bicyclic) bond motifs is 3. The van der Waals surface area contributed by atoms with Gasteiger partial charge in [-0.15, -0.1) is 0 Å². The van der Waals surface area contributed by atoms with Crippen molar-refractivity contribution in [1.82, 2.24) is 19.4 Å². The molecule has 0 radical (unpaired) electrons. The van der Waals surface area contributed by atoms with E-state index in [-0.39, 0.29) is 0 Å². The van der Waals surface area contributed by atoms with E-state index in [9.17, 15) is 0 Å². The zero-order valence-corrected chi connectivity index (χ0v) is 22.1. The molecule has 0 amide bonds. The lowest BCUT2D eigenvalue weighted by atomic mass is 10.1. The maximum absolute atomic E-state index is 5.83. The number of anilines is 4. The van der Waals surface area contributed by atoms with Crippen LogP contribution in [0.3, 0.4) is 0 Å². The van der Waals surface area contributed by atoms with Crippen molar-refractivity contribution in [1.29, 1.82) is 0 Å². The highest BCUT2D eigenvalue weighted by Gasteiger charge is 2.27. The van der Waals surface area contributed by atoms with E-state index in [4.69, 9.17) is 9.72 Å². The summed E-state index contributed by atoms with van der Waals surface area (Å²) in [4.78, 5) is 14.3. The minimum absolute atomic E-state index is 0.552. The molecule has 2 aromatic carbocycles. The van der Waals surface area contributed by atoms with Gasteiger partial charge in [0.05, 0.1) is 29.9 Å². The quantitative estimate of drug-likeness (QED) is 0.373. The highest BCUT2D eigenvalue weighted by atomic mass is 16.5. The molecule has 0 saturated carbocycles. The van der Waals surface area contributed by atoms with Crippen molar-refractivity contribution in [2.24, 2.45) is 0 Å². The van der Waals surface area contributed by atoms with Gasteiger partial charge in [0.15, 0.2) is 0 Å². The summed E-state index contributed by atoms with van der Waals surface area (Å²) < 4.78 is 8.27. The predicted molar refractivity (Wildman–Crippen MR) is 151 cm³/mol. The third-order valence-electron chi connectivity index (χ3n) is 7.85. The first-order valence-electron chi connectivity index (χ1n) is 13.1. The molecule has 2 aliphatic rings. The highest BCUT2D eigenvalue weighted by Crippen LogP contribution is 2.41. The van der Waals surface area contributed by atoms with E-state index in [1.54, 1.807) is 7.11 Å². The molecular formula is C29H35N7O. The largest absolute Gasteiger partial charge is 0.494 e. The van der Waals surface area contributed by atoms with Gasteiger partial charge in [-0.05, 0) is 51.6 Å². The molecule has 2 aliphatic heterocycles. The fourth-order valence-electron chi connectivity index (χ4n) is 5.92. The molecule has 1 fully saturated rings. The fraction of sp³-hybridized carbons (Fsp3) is 0.379. The number of rotatable bonds is 7. The van der Waals surface area contributed by atoms with Gasteiger partial charge in [-0.3, -0.25) is 0 Å². The van der Waals surface area contributed by atoms with Crippen LogP contribution in [-0.4, -0.2) is 66.8 Å². The Morgan fingerprint density at radius 1 is 1.08 bits per heavy atom. The van der Waals surface area contributed by atoms with Crippen LogP contribution in [0.4, 0.5) is 23.0 Å². The summed E-state index contributed by atoms with van der Waals surface area (Å²) in [5.74, 6) is 1.33. The Balaban J connectivity index is 1.34. The van der Waals surface area contributed by atoms with Crippen LogP contribution >= 0.6 is 0 Å². The van der Waals surface area contributed by atoms with Gasteiger partial charge < -0.3 is 29.7 Å². The van der Waals surface area contributed by atoms with Crippen LogP contribution in [0.25, 0.3) is 22.2 Å². The van der Waals surface area contributed by atoms with Gasteiger partial charge in [-0.25, -0.2) is 9.97 Å². The summed E-state index contributed by atoms with van der Waals surface area (Å²) >= 11 is 0. The second-order valence-electron chi connectivity index (χ2n) is 10.2. The summed E-state index contributed by atoms with van der Waals surface area (Å²) in [6, 6.07) is 15.4. The number of benzene rings is 2. The zero-order valence-electron chi connectivity index (χ0n) is 22.1. The number of aromatic nitrogens is 3. The van der Waals surface area contributed by atoms with Crippen LogP contribution in [-0.2, 0) is 13.0 Å². The van der Waals surface area contributed by atoms with Gasteiger partial charge in [0, 0.05) is 67.1 Å². The average Bonchev–Trinajstić information content (AvgIpc) is 3.65. The molecule has 0 aliphatic carbocycles. The molecule has 4 heterocycles. The lowest BCUT2D eigenvalue weighted by Crippen LogP contribution is -2.31. The fourth-order valence-corrected chi connectivity index (χ4v) is 5.92. The minimum atomic E-state index is 0.552. The summed E-state index contributed by atoms with van der Waals surface area (Å²) in [7, 11) is 7.98. The number of para-hydroxylation sites is 1. The van der Waals surface area contributed by atoms with E-state index in [0.29, 0.717) is 12.0 Å². The van der Waals surface area contributed by atoms with Crippen LogP contribution in [0.2, 0.25) is 0 Å². The molecule has 2 aromatic heterocycles. The van der Waals surface area contributed by atoms with Crippen LogP contribution in [0.5, 0.6) is 5.75 Å². The van der Waals surface area contributed by atoms with E-state index in [0.717, 1.165) is 61.0 Å². The second kappa shape index (κ2) is 9.59. The molecule has 1 unspecified atom stereocenters. The van der Waals surface area contributed by atoms with Gasteiger partial charge >= 0.3 is 0 Å². The standard InChI is InChI=1S/C29H35N7O/c1-30-22-16-23(27(37-4)17-26(22)35-15-12-19(18-35)34(2)3)33-29-31-13-11-21(32-29)28-20-8-5-6-9-24(20)36-14-7-10-25(28)36/h5-6,8-9,11,13,16-17,19,30H,7,10,12,14-15,18H2,1-4H3,(H,31,32,33). The number of hydrogen-bond acceptors (Lipinski definition) is 7. The zero-order chi connectivity index (χ0) is 25.5. The first-order chi connectivity index (χ1) is 18.1. The maximum atomic E-state index is 5.83. The molecular weight excluding hydrogens is 462 g/mol. The maximum Gasteiger partial charge on any atom is 0.227 e. The molecule has 8 heteroatoms. The molecule has 2 N–H and O–H groups in total. The van der Waals surface area contributed by atoms with Crippen LogP contribution in [0.1, 0.15) is 18.5 Å². The van der Waals surface area contributed by atoms with E-state index < -0.39 is 0 Å². The first kappa shape index (κ1) is 23.6. The van der Waals surface area contributed by atoms with Crippen LogP contribution in [0.15, 0.2) is 48.7 Å². The average molecular weight is 498 g/mol. The van der Waals surface area contributed by atoms with E-state index in [1.165, 1.54) is 28.6 Å². The topological polar surface area (TPSA) is 70.5 Å². The smallest absolute Gasteiger partial charge is 0.227 e. The van der Waals surface area contributed by atoms with Crippen LogP contribution < -0.4 is 20.3 Å². The highest BCUT2D eigenvalue weighted by molar-refractivity contribution is 5.97. The van der Waals surface area contributed by atoms with Gasteiger partial charge in [0.25, 0.3) is 0 Å². The van der Waals surface area contributed by atoms with Crippen molar-refractivity contribution in [3.05, 3.63) is 54.4 Å². The number of aryl methyl sites for hydroxylation is 1. The van der Waals surface area contributed by atoms with Crippen molar-refractivity contribution in [2.75, 3.05) is 56.9 Å². The predicted octanol–water partition coefficient (Wildman–Crippen LogP) is 4.98. The molecule has 1 saturated heterocycles. The Hall–Kier alpha value is -3.78. The number of hydrogen-bond donors (Lipinski definition) is 2. The number of methoxy groups -OCH3 is 1. The number of likely N-dealkylation sites (N-methyl/N-ethyl adjacent to an activating group) is 1. The first-order valence-corrected chi connectivity index (χ1v) is 13.1. The van der Waals surface area contributed by atoms with E-state index >= 15 is 0 Å². The van der Waals surface area contributed by atoms with Crippen LogP contribution in [0, 0.1) is 0 Å². The molecule has 6 rings (SSSR count). The second-order valence-corrected chi connectivity index (χ2v) is 10.2. The number of ether oxygens (including phenoxy) is 1. The summed E-state index contributed by atoms with van der Waals surface area (Å²) in [5, 5.41) is 8.07. The normalized spacial score (nSPS) is 17.0. The Kier molecular flexibility index (Phi) is 6.12. The monoisotopic (exact) mass is 497 g/mol. The third-order valence-corrected chi connectivity index (χ3v) is 7.85. The van der Waals surface area contributed by atoms with Crippen molar-refractivity contribution in [2.45, 2.75) is 31.8 Å². The lowest BCUT2D eigenvalue weighted by molar-refractivity contribution is 0.315. The summed E-state index contributed by atoms with van der Waals surface area (Å²) in [5.41, 5.74) is 7.86. The minimum Gasteiger partial charge on any atom is -0.494 e. The van der Waals surface area contributed by atoms with Gasteiger partial charge in [0.2, 0.25) is 5.95 Å². The van der Waals surface area contributed by atoms with Gasteiger partial charge in [-0.2, -0.15) is 0 Å².